The van der Waals surface area contributed by atoms with Crippen molar-refractivity contribution in [1.29, 1.82) is 0 Å². The van der Waals surface area contributed by atoms with E-state index in [0.717, 1.165) is 12.1 Å². The summed E-state index contributed by atoms with van der Waals surface area (Å²) in [6.45, 7) is 5.99. The summed E-state index contributed by atoms with van der Waals surface area (Å²) >= 11 is 0. The summed E-state index contributed by atoms with van der Waals surface area (Å²) in [5.41, 5.74) is -0.188. The van der Waals surface area contributed by atoms with E-state index in [1.54, 1.807) is 0 Å². The van der Waals surface area contributed by atoms with Crippen molar-refractivity contribution in [2.75, 3.05) is 6.54 Å². The fourth-order valence-electron chi connectivity index (χ4n) is 1.18. The third-order valence-electron chi connectivity index (χ3n) is 2.21. The monoisotopic (exact) mass is 325 g/mol. The Balaban J connectivity index is 2.98. The van der Waals surface area contributed by atoms with E-state index in [2.05, 4.69) is 4.72 Å². The number of hydrogen-bond acceptors (Lipinski definition) is 4. The molecule has 1 N–H and O–H groups in total. The Bertz CT molecular complexity index is 643. The highest BCUT2D eigenvalue weighted by molar-refractivity contribution is 8.13. The van der Waals surface area contributed by atoms with Crippen LogP contribution in [0.3, 0.4) is 0 Å². The van der Waals surface area contributed by atoms with Crippen molar-refractivity contribution in [3.05, 3.63) is 24.3 Å². The van der Waals surface area contributed by atoms with Crippen LogP contribution in [0.5, 0.6) is 0 Å². The second kappa shape index (κ2) is 5.40. The van der Waals surface area contributed by atoms with Crippen LogP contribution in [0.4, 0.5) is 0 Å². The molecule has 19 heavy (non-hydrogen) atoms. The molecule has 0 amide bonds. The molecule has 0 bridgehead atoms. The predicted octanol–water partition coefficient (Wildman–Crippen LogP) is 1.94. The summed E-state index contributed by atoms with van der Waals surface area (Å²) in [6.07, 6.45) is 0. The Kier molecular flexibility index (Phi) is 4.66. The second-order valence-electron chi connectivity index (χ2n) is 5.29. The number of halogens is 1. The minimum atomic E-state index is -3.84. The van der Waals surface area contributed by atoms with E-state index in [4.69, 9.17) is 10.7 Å². The van der Waals surface area contributed by atoms with Gasteiger partial charge in [0.1, 0.15) is 0 Å². The molecule has 0 unspecified atom stereocenters. The van der Waals surface area contributed by atoms with Crippen LogP contribution in [0.15, 0.2) is 34.1 Å². The predicted molar refractivity (Wildman–Crippen MR) is 74.1 cm³/mol. The second-order valence-corrected chi connectivity index (χ2v) is 9.63. The molecule has 0 aliphatic rings. The van der Waals surface area contributed by atoms with Gasteiger partial charge >= 0.3 is 0 Å². The molecule has 0 aliphatic heterocycles. The molecule has 8 heteroatoms. The number of hydrogen-bond donors (Lipinski definition) is 1. The molecule has 108 valence electrons. The van der Waals surface area contributed by atoms with Crippen molar-refractivity contribution in [1.82, 2.24) is 4.72 Å². The highest BCUT2D eigenvalue weighted by Gasteiger charge is 2.19. The van der Waals surface area contributed by atoms with Crippen LogP contribution in [0.1, 0.15) is 20.8 Å². The quantitative estimate of drug-likeness (QED) is 0.858. The third kappa shape index (κ3) is 5.10. The minimum Gasteiger partial charge on any atom is -0.211 e. The van der Waals surface area contributed by atoms with Crippen molar-refractivity contribution in [2.24, 2.45) is 5.41 Å². The molecule has 1 aromatic rings. The Morgan fingerprint density at radius 1 is 1.00 bits per heavy atom. The van der Waals surface area contributed by atoms with Crippen molar-refractivity contribution in [3.8, 4) is 0 Å². The molecule has 0 atom stereocenters. The van der Waals surface area contributed by atoms with E-state index in [9.17, 15) is 16.8 Å². The normalized spacial score (nSPS) is 13.5. The summed E-state index contributed by atoms with van der Waals surface area (Å²) in [7, 11) is -2.33. The first kappa shape index (κ1) is 16.4. The van der Waals surface area contributed by atoms with Crippen LogP contribution in [-0.2, 0) is 19.1 Å². The lowest BCUT2D eigenvalue weighted by atomic mass is 9.98. The van der Waals surface area contributed by atoms with Gasteiger partial charge in [0.15, 0.2) is 0 Å². The zero-order chi connectivity index (χ0) is 14.9. The molecule has 0 saturated carbocycles. The minimum absolute atomic E-state index is 0.000756. The number of nitrogens with one attached hydrogen (secondary N) is 1. The van der Waals surface area contributed by atoms with Crippen LogP contribution in [0.25, 0.3) is 0 Å². The molecular weight excluding hydrogens is 310 g/mol. The summed E-state index contributed by atoms with van der Waals surface area (Å²) in [4.78, 5) is -0.134. The van der Waals surface area contributed by atoms with Gasteiger partial charge in [0.05, 0.1) is 9.79 Å². The zero-order valence-corrected chi connectivity index (χ0v) is 13.2. The van der Waals surface area contributed by atoms with E-state index in [0.29, 0.717) is 0 Å². The molecule has 0 heterocycles. The van der Waals surface area contributed by atoms with Gasteiger partial charge in [-0.2, -0.15) is 0 Å². The van der Waals surface area contributed by atoms with E-state index in [-0.39, 0.29) is 21.8 Å². The fraction of sp³-hybridized carbons (Fsp3) is 0.455. The van der Waals surface area contributed by atoms with E-state index in [1.807, 2.05) is 20.8 Å². The lowest BCUT2D eigenvalue weighted by molar-refractivity contribution is 0.407. The van der Waals surface area contributed by atoms with Crippen LogP contribution in [0, 0.1) is 5.41 Å². The molecular formula is C11H16ClNO4S2. The summed E-state index contributed by atoms with van der Waals surface area (Å²) in [5, 5.41) is 0. The van der Waals surface area contributed by atoms with Gasteiger partial charge < -0.3 is 0 Å². The highest BCUT2D eigenvalue weighted by Crippen LogP contribution is 2.18. The maximum Gasteiger partial charge on any atom is 0.261 e. The van der Waals surface area contributed by atoms with E-state index in [1.165, 1.54) is 12.1 Å². The van der Waals surface area contributed by atoms with Crippen molar-refractivity contribution < 1.29 is 16.8 Å². The first-order valence-corrected chi connectivity index (χ1v) is 9.25. The van der Waals surface area contributed by atoms with Crippen LogP contribution < -0.4 is 4.72 Å². The lowest BCUT2D eigenvalue weighted by Crippen LogP contribution is -2.32. The molecule has 0 saturated heterocycles. The first-order valence-electron chi connectivity index (χ1n) is 5.46. The highest BCUT2D eigenvalue weighted by atomic mass is 35.7. The molecule has 1 rings (SSSR count). The Morgan fingerprint density at radius 3 is 1.79 bits per heavy atom. The Labute approximate surface area is 118 Å². The maximum atomic E-state index is 11.9. The Morgan fingerprint density at radius 2 is 1.42 bits per heavy atom. The van der Waals surface area contributed by atoms with Crippen LogP contribution in [-0.4, -0.2) is 23.4 Å². The fourth-order valence-corrected chi connectivity index (χ4v) is 3.23. The number of sulfonamides is 1. The first-order chi connectivity index (χ1) is 8.42. The van der Waals surface area contributed by atoms with Crippen molar-refractivity contribution >= 4 is 29.8 Å². The smallest absolute Gasteiger partial charge is 0.211 e. The summed E-state index contributed by atoms with van der Waals surface area (Å²) < 4.78 is 48.5. The number of benzene rings is 1. The van der Waals surface area contributed by atoms with Gasteiger partial charge in [0, 0.05) is 17.2 Å². The van der Waals surface area contributed by atoms with Gasteiger partial charge in [-0.25, -0.2) is 21.6 Å². The average Bonchev–Trinajstić information content (AvgIpc) is 2.25. The van der Waals surface area contributed by atoms with E-state index < -0.39 is 19.1 Å². The largest absolute Gasteiger partial charge is 0.261 e. The average molecular weight is 326 g/mol. The van der Waals surface area contributed by atoms with Gasteiger partial charge in [-0.05, 0) is 29.7 Å². The molecule has 5 nitrogen and oxygen atoms in total. The third-order valence-corrected chi connectivity index (χ3v) is 4.99. The van der Waals surface area contributed by atoms with Crippen LogP contribution >= 0.6 is 10.7 Å². The standard InChI is InChI=1S/C11H16ClNO4S2/c1-11(2,3)8-13-19(16,17)10-6-4-9(5-7-10)18(12,14)15/h4-7,13H,8H2,1-3H3. The zero-order valence-electron chi connectivity index (χ0n) is 10.8. The van der Waals surface area contributed by atoms with Crippen LogP contribution in [0.2, 0.25) is 0 Å². The lowest BCUT2D eigenvalue weighted by Gasteiger charge is -2.18. The molecule has 1 aromatic carbocycles. The van der Waals surface area contributed by atoms with Gasteiger partial charge in [0.25, 0.3) is 9.05 Å². The van der Waals surface area contributed by atoms with Crippen molar-refractivity contribution in [3.63, 3.8) is 0 Å². The summed E-state index contributed by atoms with van der Waals surface area (Å²) in [6, 6.07) is 4.74. The van der Waals surface area contributed by atoms with Gasteiger partial charge in [-0.3, -0.25) is 0 Å². The van der Waals surface area contributed by atoms with E-state index >= 15 is 0 Å². The van der Waals surface area contributed by atoms with Gasteiger partial charge in [0.2, 0.25) is 10.0 Å². The molecule has 0 spiro atoms. The molecule has 0 aromatic heterocycles. The summed E-state index contributed by atoms with van der Waals surface area (Å²) in [5.74, 6) is 0. The molecule has 0 radical (unpaired) electrons. The van der Waals surface area contributed by atoms with Gasteiger partial charge in [-0.1, -0.05) is 20.8 Å². The maximum absolute atomic E-state index is 11.9. The number of rotatable bonds is 4. The SMILES string of the molecule is CC(C)(C)CNS(=O)(=O)c1ccc(S(=O)(=O)Cl)cc1. The Hall–Kier alpha value is -0.630. The molecule has 0 fully saturated rings. The molecule has 0 aliphatic carbocycles. The van der Waals surface area contributed by atoms with Crippen molar-refractivity contribution in [2.45, 2.75) is 30.6 Å². The topological polar surface area (TPSA) is 80.3 Å². The van der Waals surface area contributed by atoms with Gasteiger partial charge in [-0.15, -0.1) is 0 Å².